The van der Waals surface area contributed by atoms with E-state index in [1.54, 1.807) is 18.2 Å². The van der Waals surface area contributed by atoms with Crippen molar-refractivity contribution in [3.8, 4) is 6.07 Å². The number of ketones is 1. The third kappa shape index (κ3) is 2.63. The van der Waals surface area contributed by atoms with Gasteiger partial charge in [-0.2, -0.15) is 5.26 Å². The van der Waals surface area contributed by atoms with Crippen LogP contribution < -0.4 is 11.5 Å². The van der Waals surface area contributed by atoms with Crippen molar-refractivity contribution >= 4 is 34.1 Å². The van der Waals surface area contributed by atoms with Gasteiger partial charge in [-0.1, -0.05) is 6.07 Å². The minimum absolute atomic E-state index is 0.0969. The molecule has 26 heavy (non-hydrogen) atoms. The number of aromatic nitrogens is 2. The molecule has 126 valence electrons. The zero-order valence-electron chi connectivity index (χ0n) is 13.0. The minimum Gasteiger partial charge on any atom is -0.408 e. The normalized spacial score (nSPS) is 11.7. The third-order valence-electron chi connectivity index (χ3n) is 3.80. The van der Waals surface area contributed by atoms with Gasteiger partial charge in [-0.05, 0) is 42.0 Å². The van der Waals surface area contributed by atoms with Crippen LogP contribution in [0.2, 0.25) is 0 Å². The molecular formula is C18H9N3O5. The number of hydrogen-bond donors (Lipinski definition) is 2. The number of carbonyl (C=O) groups excluding carboxylic acids is 1. The molecule has 0 radical (unpaired) electrons. The Labute approximate surface area is 144 Å². The van der Waals surface area contributed by atoms with Crippen LogP contribution in [0.25, 0.3) is 28.3 Å². The van der Waals surface area contributed by atoms with Crippen LogP contribution in [0.5, 0.6) is 0 Å². The van der Waals surface area contributed by atoms with Crippen molar-refractivity contribution in [2.75, 3.05) is 0 Å². The van der Waals surface area contributed by atoms with Crippen LogP contribution >= 0.6 is 0 Å². The van der Waals surface area contributed by atoms with Crippen molar-refractivity contribution in [2.24, 2.45) is 0 Å². The molecule has 2 heterocycles. The van der Waals surface area contributed by atoms with E-state index in [0.717, 1.165) is 0 Å². The number of allylic oxidation sites excluding steroid dienone is 1. The van der Waals surface area contributed by atoms with Gasteiger partial charge in [0.05, 0.1) is 11.0 Å². The van der Waals surface area contributed by atoms with Gasteiger partial charge in [0.15, 0.2) is 11.2 Å². The topological polar surface area (TPSA) is 133 Å². The maximum absolute atomic E-state index is 12.6. The summed E-state index contributed by atoms with van der Waals surface area (Å²) in [5.74, 6) is -1.71. The summed E-state index contributed by atoms with van der Waals surface area (Å²) in [5, 5.41) is 9.36. The lowest BCUT2D eigenvalue weighted by atomic mass is 10.0. The molecule has 8 heteroatoms. The van der Waals surface area contributed by atoms with Gasteiger partial charge in [0.25, 0.3) is 0 Å². The lowest BCUT2D eigenvalue weighted by Crippen LogP contribution is -2.02. The number of nitriles is 1. The van der Waals surface area contributed by atoms with E-state index < -0.39 is 17.3 Å². The van der Waals surface area contributed by atoms with Crippen molar-refractivity contribution in [2.45, 2.75) is 0 Å². The Morgan fingerprint density at radius 3 is 2.23 bits per heavy atom. The molecule has 0 saturated carbocycles. The van der Waals surface area contributed by atoms with Gasteiger partial charge in [-0.25, -0.2) is 9.59 Å². The Balaban J connectivity index is 1.75. The molecule has 0 amide bonds. The summed E-state index contributed by atoms with van der Waals surface area (Å²) in [7, 11) is 0. The van der Waals surface area contributed by atoms with Gasteiger partial charge >= 0.3 is 11.5 Å². The highest BCUT2D eigenvalue weighted by Crippen LogP contribution is 2.19. The molecule has 4 aromatic rings. The number of oxazole rings is 2. The van der Waals surface area contributed by atoms with E-state index >= 15 is 0 Å². The van der Waals surface area contributed by atoms with E-state index in [1.165, 1.54) is 24.3 Å². The lowest BCUT2D eigenvalue weighted by Gasteiger charge is -2.00. The molecule has 8 nitrogen and oxygen atoms in total. The molecule has 2 N–H and O–H groups in total. The van der Waals surface area contributed by atoms with Crippen molar-refractivity contribution in [3.63, 3.8) is 0 Å². The standard InChI is InChI=1S/C18H9N3O5/c19-8-11(5-9-1-3-14-12(6-9)20-17(23)25-14)16(22)10-2-4-15-13(7-10)21-18(24)26-15/h1-7H,(H,20,23)(H,21,24). The van der Waals surface area contributed by atoms with E-state index in [-0.39, 0.29) is 11.1 Å². The van der Waals surface area contributed by atoms with E-state index in [4.69, 9.17) is 8.83 Å². The number of rotatable bonds is 3. The first-order valence-corrected chi connectivity index (χ1v) is 7.46. The third-order valence-corrected chi connectivity index (χ3v) is 3.80. The predicted molar refractivity (Wildman–Crippen MR) is 91.6 cm³/mol. The predicted octanol–water partition coefficient (Wildman–Crippen LogP) is 2.35. The number of nitrogens with zero attached hydrogens (tertiary/aromatic N) is 1. The van der Waals surface area contributed by atoms with Gasteiger partial charge in [0.1, 0.15) is 11.6 Å². The molecule has 0 aliphatic rings. The fourth-order valence-corrected chi connectivity index (χ4v) is 2.62. The summed E-state index contributed by atoms with van der Waals surface area (Å²) < 4.78 is 9.80. The van der Waals surface area contributed by atoms with Gasteiger partial charge in [-0.3, -0.25) is 14.8 Å². The van der Waals surface area contributed by atoms with E-state index in [9.17, 15) is 19.6 Å². The van der Waals surface area contributed by atoms with Crippen LogP contribution in [0.15, 0.2) is 60.4 Å². The molecule has 0 aliphatic heterocycles. The van der Waals surface area contributed by atoms with E-state index in [0.29, 0.717) is 27.8 Å². The maximum Gasteiger partial charge on any atom is 0.417 e. The zero-order chi connectivity index (χ0) is 18.3. The number of carbonyl (C=O) groups is 1. The van der Waals surface area contributed by atoms with Crippen LogP contribution in [-0.4, -0.2) is 15.8 Å². The summed E-state index contributed by atoms with van der Waals surface area (Å²) in [5.41, 5.74) is 2.23. The van der Waals surface area contributed by atoms with Crippen molar-refractivity contribution < 1.29 is 13.6 Å². The van der Waals surface area contributed by atoms with Gasteiger partial charge < -0.3 is 8.83 Å². The average molecular weight is 347 g/mol. The molecule has 2 aromatic carbocycles. The Kier molecular flexibility index (Phi) is 3.41. The summed E-state index contributed by atoms with van der Waals surface area (Å²) >= 11 is 0. The van der Waals surface area contributed by atoms with Gasteiger partial charge in [0, 0.05) is 5.56 Å². The minimum atomic E-state index is -0.622. The first kappa shape index (κ1) is 15.4. The molecule has 2 aromatic heterocycles. The molecule has 0 fully saturated rings. The van der Waals surface area contributed by atoms with Crippen molar-refractivity contribution in [1.29, 1.82) is 5.26 Å². The number of benzene rings is 2. The fraction of sp³-hybridized carbons (Fsp3) is 0. The van der Waals surface area contributed by atoms with Crippen LogP contribution in [0.1, 0.15) is 15.9 Å². The molecule has 0 saturated heterocycles. The van der Waals surface area contributed by atoms with E-state index in [2.05, 4.69) is 9.97 Å². The Hall–Kier alpha value is -4.12. The summed E-state index contributed by atoms with van der Waals surface area (Å²) in [4.78, 5) is 40.0. The summed E-state index contributed by atoms with van der Waals surface area (Å²) in [6, 6.07) is 11.1. The number of hydrogen-bond acceptors (Lipinski definition) is 6. The molecule has 0 aliphatic carbocycles. The number of fused-ring (bicyclic) bond motifs is 2. The highest BCUT2D eigenvalue weighted by atomic mass is 16.4. The summed E-state index contributed by atoms with van der Waals surface area (Å²) in [6.07, 6.45) is 1.41. The number of Topliss-reactive ketones (excluding diaryl/α,β-unsaturated/α-hetero) is 1. The Morgan fingerprint density at radius 2 is 1.58 bits per heavy atom. The molecule has 4 rings (SSSR count). The number of aromatic amines is 2. The first-order valence-electron chi connectivity index (χ1n) is 7.46. The largest absolute Gasteiger partial charge is 0.417 e. The second-order valence-electron chi connectivity index (χ2n) is 5.49. The highest BCUT2D eigenvalue weighted by molar-refractivity contribution is 6.15. The molecule has 0 spiro atoms. The Bertz CT molecular complexity index is 1360. The number of nitrogens with one attached hydrogen (secondary N) is 2. The van der Waals surface area contributed by atoms with Gasteiger partial charge in [-0.15, -0.1) is 0 Å². The highest BCUT2D eigenvalue weighted by Gasteiger charge is 2.14. The molecule has 0 bridgehead atoms. The zero-order valence-corrected chi connectivity index (χ0v) is 13.0. The van der Waals surface area contributed by atoms with Crippen LogP contribution in [0.3, 0.4) is 0 Å². The number of H-pyrrole nitrogens is 2. The second-order valence-corrected chi connectivity index (χ2v) is 5.49. The molecule has 0 unspecified atom stereocenters. The first-order chi connectivity index (χ1) is 12.5. The van der Waals surface area contributed by atoms with E-state index in [1.807, 2.05) is 6.07 Å². The monoisotopic (exact) mass is 347 g/mol. The van der Waals surface area contributed by atoms with Gasteiger partial charge in [0.2, 0.25) is 5.78 Å². The Morgan fingerprint density at radius 1 is 0.962 bits per heavy atom. The smallest absolute Gasteiger partial charge is 0.408 e. The van der Waals surface area contributed by atoms with Crippen LogP contribution in [0, 0.1) is 11.3 Å². The molecular weight excluding hydrogens is 338 g/mol. The SMILES string of the molecule is N#CC(=Cc1ccc2oc(=O)[nH]c2c1)C(=O)c1ccc2oc(=O)[nH]c2c1. The lowest BCUT2D eigenvalue weighted by molar-refractivity contribution is 0.104. The van der Waals surface area contributed by atoms with Crippen LogP contribution in [0.4, 0.5) is 0 Å². The quantitative estimate of drug-likeness (QED) is 0.332. The maximum atomic E-state index is 12.6. The second kappa shape index (κ2) is 5.75. The van der Waals surface area contributed by atoms with Crippen molar-refractivity contribution in [1.82, 2.24) is 9.97 Å². The van der Waals surface area contributed by atoms with Crippen LogP contribution in [-0.2, 0) is 0 Å². The molecule has 0 atom stereocenters. The summed E-state index contributed by atoms with van der Waals surface area (Å²) in [6.45, 7) is 0. The van der Waals surface area contributed by atoms with Crippen molar-refractivity contribution in [3.05, 3.63) is 74.2 Å². The average Bonchev–Trinajstić information content (AvgIpc) is 3.18. The fourth-order valence-electron chi connectivity index (χ4n) is 2.62.